The fourth-order valence-electron chi connectivity index (χ4n) is 2.49. The molecule has 3 aromatic rings. The molecule has 0 atom stereocenters. The number of H-pyrrole nitrogens is 1. The quantitative estimate of drug-likeness (QED) is 0.513. The molecule has 0 aliphatic rings. The van der Waals surface area contributed by atoms with Gasteiger partial charge >= 0.3 is 5.16 Å². The van der Waals surface area contributed by atoms with Gasteiger partial charge in [-0.25, -0.2) is 9.13 Å². The predicted octanol–water partition coefficient (Wildman–Crippen LogP) is 2.74. The number of hydrogen-bond acceptors (Lipinski definition) is 1. The summed E-state index contributed by atoms with van der Waals surface area (Å²) in [4.78, 5) is 3.26. The molecule has 3 rings (SSSR count). The first-order valence-electron chi connectivity index (χ1n) is 5.98. The van der Waals surface area contributed by atoms with Gasteiger partial charge < -0.3 is 4.98 Å². The SMILES string of the molecule is CCn1c(S)[n+](CC)c2cc3[nH]ccc3cc21. The number of imidazole rings is 1. The third-order valence-corrected chi connectivity index (χ3v) is 3.83. The minimum Gasteiger partial charge on any atom is -0.361 e. The highest BCUT2D eigenvalue weighted by atomic mass is 32.1. The maximum atomic E-state index is 4.63. The molecule has 1 N–H and O–H groups in total. The number of aryl methyl sites for hydroxylation is 2. The zero-order valence-corrected chi connectivity index (χ0v) is 11.0. The van der Waals surface area contributed by atoms with Crippen LogP contribution in [0.5, 0.6) is 0 Å². The largest absolute Gasteiger partial charge is 0.361 e. The summed E-state index contributed by atoms with van der Waals surface area (Å²) in [6, 6.07) is 6.55. The molecule has 2 heterocycles. The lowest BCUT2D eigenvalue weighted by molar-refractivity contribution is -0.706. The predicted molar refractivity (Wildman–Crippen MR) is 72.6 cm³/mol. The van der Waals surface area contributed by atoms with Gasteiger partial charge in [0.1, 0.15) is 0 Å². The van der Waals surface area contributed by atoms with Crippen LogP contribution in [-0.4, -0.2) is 9.55 Å². The Morgan fingerprint density at radius 2 is 2.18 bits per heavy atom. The third kappa shape index (κ3) is 1.40. The Balaban J connectivity index is 2.49. The van der Waals surface area contributed by atoms with Gasteiger partial charge in [-0.2, -0.15) is 0 Å². The summed E-state index contributed by atoms with van der Waals surface area (Å²) in [6.45, 7) is 6.19. The minimum atomic E-state index is 0.939. The van der Waals surface area contributed by atoms with Crippen molar-refractivity contribution >= 4 is 34.6 Å². The lowest BCUT2D eigenvalue weighted by Crippen LogP contribution is -2.33. The van der Waals surface area contributed by atoms with E-state index in [-0.39, 0.29) is 0 Å². The van der Waals surface area contributed by atoms with Crippen LogP contribution < -0.4 is 4.57 Å². The van der Waals surface area contributed by atoms with E-state index in [1.807, 2.05) is 6.20 Å². The van der Waals surface area contributed by atoms with Crippen molar-refractivity contribution in [1.82, 2.24) is 9.55 Å². The zero-order chi connectivity index (χ0) is 12.0. The molecule has 0 aliphatic carbocycles. The molecular weight excluding hydrogens is 230 g/mol. The molecule has 3 nitrogen and oxygen atoms in total. The monoisotopic (exact) mass is 246 g/mol. The normalized spacial score (nSPS) is 11.7. The Kier molecular flexibility index (Phi) is 2.40. The van der Waals surface area contributed by atoms with Gasteiger partial charge in [0.05, 0.1) is 13.1 Å². The van der Waals surface area contributed by atoms with Crippen molar-refractivity contribution in [1.29, 1.82) is 0 Å². The third-order valence-electron chi connectivity index (χ3n) is 3.35. The van der Waals surface area contributed by atoms with E-state index in [9.17, 15) is 0 Å². The van der Waals surface area contributed by atoms with Gasteiger partial charge in [-0.15, -0.1) is 0 Å². The molecule has 88 valence electrons. The first-order valence-corrected chi connectivity index (χ1v) is 6.43. The number of nitrogens with one attached hydrogen (secondary N) is 1. The fourth-order valence-corrected chi connectivity index (χ4v) is 2.99. The van der Waals surface area contributed by atoms with Crippen molar-refractivity contribution in [3.63, 3.8) is 0 Å². The van der Waals surface area contributed by atoms with Crippen molar-refractivity contribution in [2.45, 2.75) is 32.1 Å². The Labute approximate surface area is 105 Å². The molecule has 0 amide bonds. The highest BCUT2D eigenvalue weighted by molar-refractivity contribution is 7.80. The van der Waals surface area contributed by atoms with Crippen LogP contribution in [-0.2, 0) is 13.1 Å². The van der Waals surface area contributed by atoms with Gasteiger partial charge in [-0.05, 0) is 26.0 Å². The van der Waals surface area contributed by atoms with Crippen molar-refractivity contribution < 1.29 is 4.57 Å². The number of rotatable bonds is 2. The van der Waals surface area contributed by atoms with Crippen molar-refractivity contribution in [2.75, 3.05) is 0 Å². The maximum absolute atomic E-state index is 4.63. The van der Waals surface area contributed by atoms with E-state index in [1.54, 1.807) is 0 Å². The number of aromatic nitrogens is 3. The molecular formula is C13H16N3S+. The van der Waals surface area contributed by atoms with Gasteiger partial charge in [0.2, 0.25) is 0 Å². The van der Waals surface area contributed by atoms with Crippen LogP contribution in [0.1, 0.15) is 13.8 Å². The number of thiol groups is 1. The second-order valence-electron chi connectivity index (χ2n) is 4.19. The van der Waals surface area contributed by atoms with Crippen molar-refractivity contribution in [2.24, 2.45) is 0 Å². The Bertz CT molecular complexity index is 637. The summed E-state index contributed by atoms with van der Waals surface area (Å²) in [6.07, 6.45) is 1.98. The number of hydrogen-bond donors (Lipinski definition) is 2. The maximum Gasteiger partial charge on any atom is 0.315 e. The molecule has 0 saturated carbocycles. The molecule has 0 fully saturated rings. The summed E-state index contributed by atoms with van der Waals surface area (Å²) < 4.78 is 4.48. The number of benzene rings is 1. The molecule has 1 aromatic carbocycles. The van der Waals surface area contributed by atoms with Crippen molar-refractivity contribution in [3.05, 3.63) is 24.4 Å². The van der Waals surface area contributed by atoms with E-state index in [0.717, 1.165) is 18.2 Å². The number of fused-ring (bicyclic) bond motifs is 2. The molecule has 2 aromatic heterocycles. The van der Waals surface area contributed by atoms with Crippen LogP contribution >= 0.6 is 12.6 Å². The van der Waals surface area contributed by atoms with E-state index in [0.29, 0.717) is 0 Å². The molecule has 0 aliphatic heterocycles. The standard InChI is InChI=1S/C13H15N3S/c1-3-15-11-7-9-5-6-14-10(9)8-12(11)16(4-2)13(15)17/h5-8,14H,3-4H2,1-2H3/p+1. The van der Waals surface area contributed by atoms with Gasteiger partial charge in [0, 0.05) is 23.2 Å². The average Bonchev–Trinajstić information content (AvgIpc) is 2.87. The van der Waals surface area contributed by atoms with Gasteiger partial charge in [0.25, 0.3) is 0 Å². The van der Waals surface area contributed by atoms with E-state index in [4.69, 9.17) is 0 Å². The molecule has 0 unspecified atom stereocenters. The van der Waals surface area contributed by atoms with Gasteiger partial charge in [-0.3, -0.25) is 0 Å². The van der Waals surface area contributed by atoms with E-state index in [1.165, 1.54) is 21.9 Å². The Morgan fingerprint density at radius 3 is 2.88 bits per heavy atom. The lowest BCUT2D eigenvalue weighted by atomic mass is 10.2. The molecule has 17 heavy (non-hydrogen) atoms. The van der Waals surface area contributed by atoms with Crippen LogP contribution in [0, 0.1) is 0 Å². The average molecular weight is 246 g/mol. The molecule has 0 radical (unpaired) electrons. The van der Waals surface area contributed by atoms with Crippen LogP contribution in [0.4, 0.5) is 0 Å². The summed E-state index contributed by atoms with van der Waals surface area (Å²) >= 11 is 4.63. The van der Waals surface area contributed by atoms with E-state index < -0.39 is 0 Å². The second-order valence-corrected chi connectivity index (χ2v) is 4.59. The molecule has 4 heteroatoms. The molecule has 0 saturated heterocycles. The van der Waals surface area contributed by atoms with E-state index >= 15 is 0 Å². The van der Waals surface area contributed by atoms with Crippen LogP contribution in [0.3, 0.4) is 0 Å². The summed E-state index contributed by atoms with van der Waals surface area (Å²) in [7, 11) is 0. The van der Waals surface area contributed by atoms with Crippen LogP contribution in [0.2, 0.25) is 0 Å². The zero-order valence-electron chi connectivity index (χ0n) is 10.1. The fraction of sp³-hybridized carbons (Fsp3) is 0.308. The van der Waals surface area contributed by atoms with Gasteiger partial charge in [0.15, 0.2) is 11.0 Å². The smallest absolute Gasteiger partial charge is 0.315 e. The highest BCUT2D eigenvalue weighted by Crippen LogP contribution is 2.23. The Morgan fingerprint density at radius 1 is 1.35 bits per heavy atom. The minimum absolute atomic E-state index is 0.939. The lowest BCUT2D eigenvalue weighted by Gasteiger charge is -1.93. The summed E-state index contributed by atoms with van der Waals surface area (Å²) in [5.41, 5.74) is 3.68. The highest BCUT2D eigenvalue weighted by Gasteiger charge is 2.20. The second kappa shape index (κ2) is 3.81. The number of nitrogens with zero attached hydrogens (tertiary/aromatic N) is 2. The first-order chi connectivity index (χ1) is 8.26. The Hall–Kier alpha value is -1.42. The van der Waals surface area contributed by atoms with Crippen LogP contribution in [0.15, 0.2) is 29.6 Å². The first kappa shape index (κ1) is 10.7. The topological polar surface area (TPSA) is 24.6 Å². The summed E-state index contributed by atoms with van der Waals surface area (Å²) in [5, 5.41) is 2.28. The van der Waals surface area contributed by atoms with Crippen LogP contribution in [0.25, 0.3) is 21.9 Å². The van der Waals surface area contributed by atoms with Crippen molar-refractivity contribution in [3.8, 4) is 0 Å². The van der Waals surface area contributed by atoms with E-state index in [2.05, 4.69) is 58.8 Å². The molecule has 0 bridgehead atoms. The summed E-state index contributed by atoms with van der Waals surface area (Å²) in [5.74, 6) is 0. The van der Waals surface area contributed by atoms with Gasteiger partial charge in [-0.1, -0.05) is 12.6 Å². The molecule has 0 spiro atoms. The number of aromatic amines is 1.